The second kappa shape index (κ2) is 5.45. The standard InChI is InChI=1S/C12H15NO4/c1-7-3-4-9(8(2)5-7)11(15)13-6-10(14)12(16)17/h3-5,10,14H,6H2,1-2H3,(H,13,15)(H,16,17). The number of hydrogen-bond donors (Lipinski definition) is 3. The van der Waals surface area contributed by atoms with E-state index in [0.29, 0.717) is 5.56 Å². The largest absolute Gasteiger partial charge is 0.479 e. The van der Waals surface area contributed by atoms with E-state index in [-0.39, 0.29) is 12.5 Å². The van der Waals surface area contributed by atoms with Crippen molar-refractivity contribution in [3.8, 4) is 0 Å². The molecule has 0 aliphatic carbocycles. The smallest absolute Gasteiger partial charge is 0.334 e. The van der Waals surface area contributed by atoms with Gasteiger partial charge in [0.15, 0.2) is 6.10 Å². The molecule has 0 aliphatic heterocycles. The molecule has 17 heavy (non-hydrogen) atoms. The fourth-order valence-corrected chi connectivity index (χ4v) is 1.44. The van der Waals surface area contributed by atoms with Crippen LogP contribution in [0, 0.1) is 13.8 Å². The number of aliphatic hydroxyl groups is 1. The van der Waals surface area contributed by atoms with Gasteiger partial charge in [-0.15, -0.1) is 0 Å². The Morgan fingerprint density at radius 1 is 1.35 bits per heavy atom. The highest BCUT2D eigenvalue weighted by Crippen LogP contribution is 2.10. The molecule has 5 heteroatoms. The minimum absolute atomic E-state index is 0.304. The first-order valence-corrected chi connectivity index (χ1v) is 5.18. The van der Waals surface area contributed by atoms with Crippen LogP contribution >= 0.6 is 0 Å². The van der Waals surface area contributed by atoms with E-state index in [1.807, 2.05) is 13.0 Å². The molecule has 0 bridgehead atoms. The summed E-state index contributed by atoms with van der Waals surface area (Å²) in [6.07, 6.45) is -1.58. The number of carbonyl (C=O) groups is 2. The van der Waals surface area contributed by atoms with Crippen LogP contribution in [0.5, 0.6) is 0 Å². The monoisotopic (exact) mass is 237 g/mol. The Morgan fingerprint density at radius 2 is 2.00 bits per heavy atom. The minimum Gasteiger partial charge on any atom is -0.479 e. The lowest BCUT2D eigenvalue weighted by atomic mass is 10.1. The van der Waals surface area contributed by atoms with Crippen LogP contribution in [0.3, 0.4) is 0 Å². The molecule has 5 nitrogen and oxygen atoms in total. The number of rotatable bonds is 4. The van der Waals surface area contributed by atoms with Crippen LogP contribution in [0.4, 0.5) is 0 Å². The number of amides is 1. The molecular formula is C12H15NO4. The molecule has 0 saturated heterocycles. The SMILES string of the molecule is Cc1ccc(C(=O)NCC(O)C(=O)O)c(C)c1. The molecular weight excluding hydrogens is 222 g/mol. The first kappa shape index (κ1) is 13.2. The lowest BCUT2D eigenvalue weighted by Gasteiger charge is -2.10. The van der Waals surface area contributed by atoms with Crippen molar-refractivity contribution in [1.82, 2.24) is 5.32 Å². The highest BCUT2D eigenvalue weighted by Gasteiger charge is 2.15. The predicted molar refractivity (Wildman–Crippen MR) is 61.9 cm³/mol. The fourth-order valence-electron chi connectivity index (χ4n) is 1.44. The number of hydrogen-bond acceptors (Lipinski definition) is 3. The summed E-state index contributed by atoms with van der Waals surface area (Å²) in [5.41, 5.74) is 2.34. The Bertz CT molecular complexity index is 442. The summed E-state index contributed by atoms with van der Waals surface area (Å²) >= 11 is 0. The van der Waals surface area contributed by atoms with Crippen LogP contribution in [-0.4, -0.2) is 34.7 Å². The molecule has 3 N–H and O–H groups in total. The summed E-state index contributed by atoms with van der Waals surface area (Å²) in [7, 11) is 0. The highest BCUT2D eigenvalue weighted by atomic mass is 16.4. The van der Waals surface area contributed by atoms with Crippen LogP contribution in [0.25, 0.3) is 0 Å². The summed E-state index contributed by atoms with van der Waals surface area (Å²) in [6, 6.07) is 5.34. The Hall–Kier alpha value is -1.88. The topological polar surface area (TPSA) is 86.6 Å². The number of aryl methyl sites for hydroxylation is 2. The molecule has 0 heterocycles. The molecule has 1 aromatic rings. The zero-order valence-corrected chi connectivity index (χ0v) is 9.73. The fraction of sp³-hybridized carbons (Fsp3) is 0.333. The van der Waals surface area contributed by atoms with Gasteiger partial charge in [-0.25, -0.2) is 4.79 Å². The lowest BCUT2D eigenvalue weighted by Crippen LogP contribution is -2.36. The van der Waals surface area contributed by atoms with Gasteiger partial charge in [-0.05, 0) is 25.5 Å². The van der Waals surface area contributed by atoms with Gasteiger partial charge in [-0.1, -0.05) is 17.7 Å². The molecule has 92 valence electrons. The van der Waals surface area contributed by atoms with Crippen molar-refractivity contribution in [3.05, 3.63) is 34.9 Å². The van der Waals surface area contributed by atoms with E-state index in [1.165, 1.54) is 0 Å². The quantitative estimate of drug-likeness (QED) is 0.710. The Kier molecular flexibility index (Phi) is 4.23. The van der Waals surface area contributed by atoms with E-state index in [1.54, 1.807) is 19.1 Å². The molecule has 0 radical (unpaired) electrons. The number of carbonyl (C=O) groups excluding carboxylic acids is 1. The molecule has 1 amide bonds. The third kappa shape index (κ3) is 3.57. The maximum Gasteiger partial charge on any atom is 0.334 e. The zero-order chi connectivity index (χ0) is 13.0. The molecule has 0 aromatic heterocycles. The van der Waals surface area contributed by atoms with E-state index in [4.69, 9.17) is 10.2 Å². The molecule has 0 aliphatic rings. The highest BCUT2D eigenvalue weighted by molar-refractivity contribution is 5.95. The zero-order valence-electron chi connectivity index (χ0n) is 9.73. The van der Waals surface area contributed by atoms with Gasteiger partial charge in [0.25, 0.3) is 5.91 Å². The second-order valence-electron chi connectivity index (χ2n) is 3.88. The van der Waals surface area contributed by atoms with Crippen LogP contribution in [0.2, 0.25) is 0 Å². The average molecular weight is 237 g/mol. The first-order chi connectivity index (χ1) is 7.91. The van der Waals surface area contributed by atoms with Crippen molar-refractivity contribution < 1.29 is 19.8 Å². The van der Waals surface area contributed by atoms with E-state index < -0.39 is 12.1 Å². The van der Waals surface area contributed by atoms with Crippen molar-refractivity contribution in [3.63, 3.8) is 0 Å². The Morgan fingerprint density at radius 3 is 2.53 bits per heavy atom. The third-order valence-corrected chi connectivity index (χ3v) is 2.37. The van der Waals surface area contributed by atoms with Crippen LogP contribution in [0.1, 0.15) is 21.5 Å². The van der Waals surface area contributed by atoms with E-state index in [0.717, 1.165) is 11.1 Å². The van der Waals surface area contributed by atoms with Crippen molar-refractivity contribution in [2.45, 2.75) is 20.0 Å². The maximum absolute atomic E-state index is 11.7. The summed E-state index contributed by atoms with van der Waals surface area (Å²) in [6.45, 7) is 3.42. The molecule has 1 unspecified atom stereocenters. The van der Waals surface area contributed by atoms with Gasteiger partial charge >= 0.3 is 5.97 Å². The molecule has 0 saturated carbocycles. The number of carboxylic acid groups (broad SMARTS) is 1. The van der Waals surface area contributed by atoms with Crippen LogP contribution in [-0.2, 0) is 4.79 Å². The molecule has 0 fully saturated rings. The number of aliphatic hydroxyl groups excluding tert-OH is 1. The Balaban J connectivity index is 2.67. The van der Waals surface area contributed by atoms with Crippen LogP contribution < -0.4 is 5.32 Å². The molecule has 1 atom stereocenters. The third-order valence-electron chi connectivity index (χ3n) is 2.37. The summed E-state index contributed by atoms with van der Waals surface area (Å²) in [4.78, 5) is 22.0. The van der Waals surface area contributed by atoms with Gasteiger partial charge in [-0.2, -0.15) is 0 Å². The summed E-state index contributed by atoms with van der Waals surface area (Å²) in [5, 5.41) is 19.8. The van der Waals surface area contributed by atoms with Gasteiger partial charge < -0.3 is 15.5 Å². The van der Waals surface area contributed by atoms with E-state index >= 15 is 0 Å². The number of nitrogens with one attached hydrogen (secondary N) is 1. The second-order valence-corrected chi connectivity index (χ2v) is 3.88. The van der Waals surface area contributed by atoms with Gasteiger partial charge in [0, 0.05) is 5.56 Å². The van der Waals surface area contributed by atoms with Gasteiger partial charge in [0.05, 0.1) is 6.54 Å². The normalized spacial score (nSPS) is 11.9. The van der Waals surface area contributed by atoms with Gasteiger partial charge in [0.1, 0.15) is 0 Å². The van der Waals surface area contributed by atoms with Crippen molar-refractivity contribution >= 4 is 11.9 Å². The van der Waals surface area contributed by atoms with Crippen LogP contribution in [0.15, 0.2) is 18.2 Å². The average Bonchev–Trinajstić information content (AvgIpc) is 2.25. The predicted octanol–water partition coefficient (Wildman–Crippen LogP) is 0.479. The number of carboxylic acids is 1. The van der Waals surface area contributed by atoms with Gasteiger partial charge in [0.2, 0.25) is 0 Å². The molecule has 1 aromatic carbocycles. The van der Waals surface area contributed by atoms with Crippen molar-refractivity contribution in [2.75, 3.05) is 6.54 Å². The Labute approximate surface area is 99.1 Å². The first-order valence-electron chi connectivity index (χ1n) is 5.18. The maximum atomic E-state index is 11.7. The molecule has 1 rings (SSSR count). The minimum atomic E-state index is -1.58. The number of aliphatic carboxylic acids is 1. The summed E-state index contributed by atoms with van der Waals surface area (Å²) < 4.78 is 0. The van der Waals surface area contributed by atoms with E-state index in [2.05, 4.69) is 5.32 Å². The number of benzene rings is 1. The van der Waals surface area contributed by atoms with Crippen molar-refractivity contribution in [2.24, 2.45) is 0 Å². The lowest BCUT2D eigenvalue weighted by molar-refractivity contribution is -0.146. The summed E-state index contributed by atoms with van der Waals surface area (Å²) in [5.74, 6) is -1.74. The molecule has 0 spiro atoms. The van der Waals surface area contributed by atoms with E-state index in [9.17, 15) is 9.59 Å². The van der Waals surface area contributed by atoms with Gasteiger partial charge in [-0.3, -0.25) is 4.79 Å². The van der Waals surface area contributed by atoms with Crippen molar-refractivity contribution in [1.29, 1.82) is 0 Å².